The number of hydrogen-bond donors (Lipinski definition) is 2. The Balaban J connectivity index is 1.56. The van der Waals surface area contributed by atoms with Crippen molar-refractivity contribution in [1.29, 1.82) is 0 Å². The predicted octanol–water partition coefficient (Wildman–Crippen LogP) is 3.93. The monoisotopic (exact) mass is 368 g/mol. The third kappa shape index (κ3) is 3.99. The lowest BCUT2D eigenvalue weighted by Crippen LogP contribution is -2.15. The second kappa shape index (κ2) is 8.05. The Morgan fingerprint density at radius 3 is 2.50 bits per heavy atom. The molecule has 0 fully saturated rings. The number of hydrogen-bond acceptors (Lipinski definition) is 6. The van der Waals surface area contributed by atoms with E-state index in [0.29, 0.717) is 17.5 Å². The van der Waals surface area contributed by atoms with Crippen molar-refractivity contribution < 1.29 is 4.79 Å². The SMILES string of the molecule is O=C(Nc1cnccc1-c1ccccc1)c1ccnc(Nc2ccccn2)n1. The fraction of sp³-hybridized carbons (Fsp3) is 0. The maximum Gasteiger partial charge on any atom is 0.274 e. The number of anilines is 3. The van der Waals surface area contributed by atoms with E-state index in [-0.39, 0.29) is 11.6 Å². The Bertz CT molecular complexity index is 1090. The average molecular weight is 368 g/mol. The summed E-state index contributed by atoms with van der Waals surface area (Å²) in [5, 5.41) is 5.86. The zero-order valence-electron chi connectivity index (χ0n) is 14.8. The Labute approximate surface area is 161 Å². The summed E-state index contributed by atoms with van der Waals surface area (Å²) < 4.78 is 0. The summed E-state index contributed by atoms with van der Waals surface area (Å²) in [6.45, 7) is 0. The molecule has 0 spiro atoms. The van der Waals surface area contributed by atoms with Gasteiger partial charge in [-0.25, -0.2) is 15.0 Å². The molecule has 3 aromatic heterocycles. The molecule has 0 saturated carbocycles. The summed E-state index contributed by atoms with van der Waals surface area (Å²) in [4.78, 5) is 29.4. The van der Waals surface area contributed by atoms with E-state index in [0.717, 1.165) is 11.1 Å². The molecule has 1 aromatic carbocycles. The molecule has 4 rings (SSSR count). The molecular formula is C21H16N6O. The maximum absolute atomic E-state index is 12.7. The third-order valence-electron chi connectivity index (χ3n) is 3.95. The van der Waals surface area contributed by atoms with Gasteiger partial charge < -0.3 is 10.6 Å². The van der Waals surface area contributed by atoms with Gasteiger partial charge in [0.1, 0.15) is 11.5 Å². The number of pyridine rings is 2. The molecule has 0 aliphatic heterocycles. The molecule has 0 atom stereocenters. The summed E-state index contributed by atoms with van der Waals surface area (Å²) in [6, 6.07) is 18.7. The van der Waals surface area contributed by atoms with E-state index in [1.165, 1.54) is 6.20 Å². The topological polar surface area (TPSA) is 92.7 Å². The van der Waals surface area contributed by atoms with Crippen molar-refractivity contribution in [3.63, 3.8) is 0 Å². The molecule has 0 aliphatic rings. The van der Waals surface area contributed by atoms with Gasteiger partial charge in [-0.05, 0) is 29.8 Å². The lowest BCUT2D eigenvalue weighted by atomic mass is 10.1. The molecule has 0 saturated heterocycles. The van der Waals surface area contributed by atoms with Crippen molar-refractivity contribution in [1.82, 2.24) is 19.9 Å². The second-order valence-electron chi connectivity index (χ2n) is 5.85. The fourth-order valence-electron chi connectivity index (χ4n) is 2.65. The Morgan fingerprint density at radius 1 is 0.821 bits per heavy atom. The molecule has 0 aliphatic carbocycles. The van der Waals surface area contributed by atoms with E-state index in [9.17, 15) is 4.79 Å². The van der Waals surface area contributed by atoms with Crippen molar-refractivity contribution in [3.05, 3.63) is 91.1 Å². The number of rotatable bonds is 5. The first kappa shape index (κ1) is 17.3. The first-order valence-electron chi connectivity index (χ1n) is 8.61. The molecule has 4 aromatic rings. The number of nitrogens with zero attached hydrogens (tertiary/aromatic N) is 4. The van der Waals surface area contributed by atoms with E-state index < -0.39 is 0 Å². The van der Waals surface area contributed by atoms with Crippen LogP contribution in [0.4, 0.5) is 17.5 Å². The van der Waals surface area contributed by atoms with Gasteiger partial charge in [0.25, 0.3) is 5.91 Å². The molecule has 7 heteroatoms. The highest BCUT2D eigenvalue weighted by atomic mass is 16.1. The highest BCUT2D eigenvalue weighted by Crippen LogP contribution is 2.27. The quantitative estimate of drug-likeness (QED) is 0.554. The molecule has 2 N–H and O–H groups in total. The third-order valence-corrected chi connectivity index (χ3v) is 3.95. The molecular weight excluding hydrogens is 352 g/mol. The van der Waals surface area contributed by atoms with Gasteiger partial charge in [-0.1, -0.05) is 36.4 Å². The van der Waals surface area contributed by atoms with E-state index in [4.69, 9.17) is 0 Å². The Hall–Kier alpha value is -4.13. The van der Waals surface area contributed by atoms with Gasteiger partial charge in [0.2, 0.25) is 5.95 Å². The molecule has 0 radical (unpaired) electrons. The molecule has 0 bridgehead atoms. The zero-order chi connectivity index (χ0) is 19.2. The summed E-state index contributed by atoms with van der Waals surface area (Å²) in [6.07, 6.45) is 6.49. The maximum atomic E-state index is 12.7. The molecule has 0 unspecified atom stereocenters. The minimum atomic E-state index is -0.350. The highest BCUT2D eigenvalue weighted by Gasteiger charge is 2.13. The van der Waals surface area contributed by atoms with Crippen molar-refractivity contribution in [3.8, 4) is 11.1 Å². The van der Waals surface area contributed by atoms with Crippen LogP contribution in [0.5, 0.6) is 0 Å². The summed E-state index contributed by atoms with van der Waals surface area (Å²) in [7, 11) is 0. The minimum Gasteiger partial charge on any atom is -0.319 e. The van der Waals surface area contributed by atoms with Gasteiger partial charge in [0, 0.05) is 24.2 Å². The zero-order valence-corrected chi connectivity index (χ0v) is 14.8. The predicted molar refractivity (Wildman–Crippen MR) is 107 cm³/mol. The fourth-order valence-corrected chi connectivity index (χ4v) is 2.65. The van der Waals surface area contributed by atoms with Crippen LogP contribution in [0, 0.1) is 0 Å². The van der Waals surface area contributed by atoms with Gasteiger partial charge in [-0.15, -0.1) is 0 Å². The van der Waals surface area contributed by atoms with E-state index in [1.54, 1.807) is 30.7 Å². The lowest BCUT2D eigenvalue weighted by molar-refractivity contribution is 0.102. The van der Waals surface area contributed by atoms with Crippen molar-refractivity contribution in [2.75, 3.05) is 10.6 Å². The molecule has 1 amide bonds. The van der Waals surface area contributed by atoms with E-state index in [1.807, 2.05) is 48.5 Å². The second-order valence-corrected chi connectivity index (χ2v) is 5.85. The van der Waals surface area contributed by atoms with Crippen molar-refractivity contribution >= 4 is 23.4 Å². The normalized spacial score (nSPS) is 10.3. The molecule has 28 heavy (non-hydrogen) atoms. The summed E-state index contributed by atoms with van der Waals surface area (Å²) in [5.74, 6) is 0.538. The van der Waals surface area contributed by atoms with Crippen LogP contribution in [0.3, 0.4) is 0 Å². The van der Waals surface area contributed by atoms with Crippen LogP contribution in [0.2, 0.25) is 0 Å². The van der Waals surface area contributed by atoms with Crippen molar-refractivity contribution in [2.24, 2.45) is 0 Å². The summed E-state index contributed by atoms with van der Waals surface area (Å²) >= 11 is 0. The van der Waals surface area contributed by atoms with Crippen LogP contribution in [-0.2, 0) is 0 Å². The van der Waals surface area contributed by atoms with Gasteiger partial charge in [0.05, 0.1) is 11.9 Å². The highest BCUT2D eigenvalue weighted by molar-refractivity contribution is 6.05. The van der Waals surface area contributed by atoms with Crippen molar-refractivity contribution in [2.45, 2.75) is 0 Å². The molecule has 3 heterocycles. The number of carbonyl (C=O) groups is 1. The van der Waals surface area contributed by atoms with Crippen LogP contribution < -0.4 is 10.6 Å². The van der Waals surface area contributed by atoms with Gasteiger partial charge in [-0.3, -0.25) is 9.78 Å². The Kier molecular flexibility index (Phi) is 4.97. The van der Waals surface area contributed by atoms with Crippen LogP contribution in [0.1, 0.15) is 10.5 Å². The number of benzene rings is 1. The number of aromatic nitrogens is 4. The van der Waals surface area contributed by atoms with E-state index >= 15 is 0 Å². The van der Waals surface area contributed by atoms with Crippen LogP contribution in [0.15, 0.2) is 85.5 Å². The average Bonchev–Trinajstić information content (AvgIpc) is 2.76. The molecule has 7 nitrogen and oxygen atoms in total. The van der Waals surface area contributed by atoms with Gasteiger partial charge in [0.15, 0.2) is 0 Å². The summed E-state index contributed by atoms with van der Waals surface area (Å²) in [5.41, 5.74) is 2.71. The lowest BCUT2D eigenvalue weighted by Gasteiger charge is -2.11. The first-order valence-corrected chi connectivity index (χ1v) is 8.61. The van der Waals surface area contributed by atoms with Gasteiger partial charge in [-0.2, -0.15) is 0 Å². The Morgan fingerprint density at radius 2 is 1.68 bits per heavy atom. The number of nitrogens with one attached hydrogen (secondary N) is 2. The van der Waals surface area contributed by atoms with Crippen LogP contribution >= 0.6 is 0 Å². The van der Waals surface area contributed by atoms with Crippen LogP contribution in [0.25, 0.3) is 11.1 Å². The number of amides is 1. The first-order chi connectivity index (χ1) is 13.8. The number of carbonyl (C=O) groups excluding carboxylic acids is 1. The van der Waals surface area contributed by atoms with E-state index in [2.05, 4.69) is 30.6 Å². The smallest absolute Gasteiger partial charge is 0.274 e. The molecule has 136 valence electrons. The largest absolute Gasteiger partial charge is 0.319 e. The van der Waals surface area contributed by atoms with Crippen LogP contribution in [-0.4, -0.2) is 25.8 Å². The standard InChI is InChI=1S/C21H16N6O/c28-20(17-10-13-24-21(26-17)27-19-8-4-5-11-23-19)25-18-14-22-12-9-16(18)15-6-2-1-3-7-15/h1-14H,(H,25,28)(H,23,24,26,27). The van der Waals surface area contributed by atoms with Gasteiger partial charge >= 0.3 is 0 Å². The minimum absolute atomic E-state index is 0.233.